The number of rotatable bonds is 1. The Bertz CT molecular complexity index is 499. The Morgan fingerprint density at radius 1 is 1.27 bits per heavy atom. The molecule has 77 valence electrons. The van der Waals surface area contributed by atoms with Gasteiger partial charge in [-0.1, -0.05) is 13.8 Å². The van der Waals surface area contributed by atoms with Gasteiger partial charge >= 0.3 is 0 Å². The highest BCUT2D eigenvalue weighted by Crippen LogP contribution is 2.27. The second-order valence-corrected chi connectivity index (χ2v) is 4.20. The number of hydrogen-bond donors (Lipinski definition) is 1. The van der Waals surface area contributed by atoms with E-state index in [0.29, 0.717) is 5.82 Å². The number of nitrogens with two attached hydrogens (primary N) is 1. The Kier molecular flexibility index (Phi) is 2.07. The van der Waals surface area contributed by atoms with Crippen LogP contribution in [0.4, 0.5) is 5.82 Å². The summed E-state index contributed by atoms with van der Waals surface area (Å²) in [7, 11) is 0. The van der Waals surface area contributed by atoms with Crippen molar-refractivity contribution in [1.29, 1.82) is 0 Å². The van der Waals surface area contributed by atoms with Crippen molar-refractivity contribution in [3.8, 4) is 0 Å². The molecule has 2 N–H and O–H groups in total. The first-order chi connectivity index (χ1) is 7.00. The number of hydrogen-bond acceptors (Lipinski definition) is 4. The van der Waals surface area contributed by atoms with Crippen LogP contribution < -0.4 is 5.73 Å². The minimum atomic E-state index is -0.291. The molecule has 1 radical (unpaired) electrons. The fraction of sp³-hybridized carbons (Fsp3) is 0.273. The molecule has 0 saturated heterocycles. The summed E-state index contributed by atoms with van der Waals surface area (Å²) in [5, 5.41) is 0.833. The molecule has 0 aliphatic carbocycles. The van der Waals surface area contributed by atoms with E-state index in [9.17, 15) is 0 Å². The molecule has 0 atom stereocenters. The highest BCUT2D eigenvalue weighted by Gasteiger charge is 2.20. The summed E-state index contributed by atoms with van der Waals surface area (Å²) in [6.07, 6.45) is 3.17. The number of pyridine rings is 1. The Hall–Kier alpha value is -1.71. The first-order valence-corrected chi connectivity index (χ1v) is 4.71. The van der Waals surface area contributed by atoms with Gasteiger partial charge in [0.2, 0.25) is 0 Å². The van der Waals surface area contributed by atoms with E-state index in [1.54, 1.807) is 6.20 Å². The van der Waals surface area contributed by atoms with Crippen molar-refractivity contribution in [2.24, 2.45) is 0 Å². The maximum absolute atomic E-state index is 5.77. The van der Waals surface area contributed by atoms with Crippen LogP contribution in [0.25, 0.3) is 10.9 Å². The number of fused-ring (bicyclic) bond motifs is 1. The van der Waals surface area contributed by atoms with Gasteiger partial charge < -0.3 is 5.73 Å². The summed E-state index contributed by atoms with van der Waals surface area (Å²) >= 11 is 0. The largest absolute Gasteiger partial charge is 0.383 e. The quantitative estimate of drug-likeness (QED) is 0.763. The van der Waals surface area contributed by atoms with E-state index in [1.807, 2.05) is 19.9 Å². The van der Waals surface area contributed by atoms with Crippen LogP contribution in [-0.4, -0.2) is 15.0 Å². The average molecular weight is 201 g/mol. The minimum absolute atomic E-state index is 0.291. The Morgan fingerprint density at radius 2 is 2.00 bits per heavy atom. The van der Waals surface area contributed by atoms with E-state index in [-0.39, 0.29) is 5.41 Å². The lowest BCUT2D eigenvalue weighted by molar-refractivity contribution is 0.644. The third-order valence-electron chi connectivity index (χ3n) is 2.22. The first kappa shape index (κ1) is 9.83. The highest BCUT2D eigenvalue weighted by molar-refractivity contribution is 5.89. The van der Waals surface area contributed by atoms with Gasteiger partial charge in [-0.25, -0.2) is 9.97 Å². The molecule has 0 fully saturated rings. The van der Waals surface area contributed by atoms with Crippen molar-refractivity contribution in [2.75, 3.05) is 5.73 Å². The smallest absolute Gasteiger partial charge is 0.134 e. The fourth-order valence-corrected chi connectivity index (χ4v) is 1.50. The summed E-state index contributed by atoms with van der Waals surface area (Å²) in [4.78, 5) is 12.5. The summed E-state index contributed by atoms with van der Waals surface area (Å²) in [6, 6.07) is 1.82. The van der Waals surface area contributed by atoms with E-state index in [4.69, 9.17) is 5.73 Å². The van der Waals surface area contributed by atoms with Crippen molar-refractivity contribution in [3.63, 3.8) is 0 Å². The van der Waals surface area contributed by atoms with Crippen LogP contribution in [0.1, 0.15) is 19.5 Å². The van der Waals surface area contributed by atoms with Gasteiger partial charge in [-0.15, -0.1) is 0 Å². The maximum Gasteiger partial charge on any atom is 0.134 e. The Morgan fingerprint density at radius 3 is 2.67 bits per heavy atom. The van der Waals surface area contributed by atoms with Gasteiger partial charge in [0.05, 0.1) is 11.2 Å². The lowest BCUT2D eigenvalue weighted by Gasteiger charge is -2.18. The monoisotopic (exact) mass is 201 g/mol. The summed E-state index contributed by atoms with van der Waals surface area (Å²) in [6.45, 7) is 8.04. The molecule has 15 heavy (non-hydrogen) atoms. The molecule has 0 aliphatic heterocycles. The minimum Gasteiger partial charge on any atom is -0.383 e. The zero-order chi connectivity index (χ0) is 11.1. The third kappa shape index (κ3) is 1.63. The van der Waals surface area contributed by atoms with Crippen LogP contribution in [-0.2, 0) is 5.41 Å². The molecule has 2 heterocycles. The number of anilines is 1. The van der Waals surface area contributed by atoms with Gasteiger partial charge in [0.15, 0.2) is 0 Å². The molecule has 2 rings (SSSR count). The van der Waals surface area contributed by atoms with Gasteiger partial charge in [0.1, 0.15) is 12.1 Å². The second-order valence-electron chi connectivity index (χ2n) is 4.20. The fourth-order valence-electron chi connectivity index (χ4n) is 1.50. The van der Waals surface area contributed by atoms with Crippen molar-refractivity contribution >= 4 is 16.7 Å². The molecule has 0 unspecified atom stereocenters. The van der Waals surface area contributed by atoms with Gasteiger partial charge in [0.25, 0.3) is 0 Å². The molecule has 0 aliphatic rings. The topological polar surface area (TPSA) is 64.7 Å². The Labute approximate surface area is 88.6 Å². The highest BCUT2D eigenvalue weighted by atomic mass is 14.9. The van der Waals surface area contributed by atoms with Crippen LogP contribution in [0.15, 0.2) is 18.6 Å². The van der Waals surface area contributed by atoms with E-state index >= 15 is 0 Å². The van der Waals surface area contributed by atoms with Crippen LogP contribution in [0.2, 0.25) is 0 Å². The summed E-state index contributed by atoms with van der Waals surface area (Å²) < 4.78 is 0. The summed E-state index contributed by atoms with van der Waals surface area (Å²) in [5.74, 6) is 0.480. The van der Waals surface area contributed by atoms with Gasteiger partial charge in [-0.05, 0) is 13.0 Å². The molecular formula is C11H13N4. The standard InChI is InChI=1S/C11H13N4/c1-11(2,3)9-8-7(4-5-13-9)10(12)15-6-14-8/h4-6H,1H2,2-3H3,(H2,12,14,15). The zero-order valence-corrected chi connectivity index (χ0v) is 8.86. The van der Waals surface area contributed by atoms with E-state index in [1.165, 1.54) is 6.33 Å². The first-order valence-electron chi connectivity index (χ1n) is 4.71. The van der Waals surface area contributed by atoms with E-state index in [2.05, 4.69) is 21.9 Å². The maximum atomic E-state index is 5.77. The van der Waals surface area contributed by atoms with Gasteiger partial charge in [-0.2, -0.15) is 0 Å². The van der Waals surface area contributed by atoms with Crippen molar-refractivity contribution in [2.45, 2.75) is 19.3 Å². The zero-order valence-electron chi connectivity index (χ0n) is 8.86. The molecule has 0 aromatic carbocycles. The van der Waals surface area contributed by atoms with Crippen LogP contribution in [0, 0.1) is 6.92 Å². The molecular weight excluding hydrogens is 188 g/mol. The molecule has 0 amide bonds. The van der Waals surface area contributed by atoms with E-state index in [0.717, 1.165) is 16.6 Å². The van der Waals surface area contributed by atoms with Crippen molar-refractivity contribution in [3.05, 3.63) is 31.2 Å². The predicted molar refractivity (Wildman–Crippen MR) is 60.1 cm³/mol. The molecule has 0 bridgehead atoms. The molecule has 0 spiro atoms. The molecule has 2 aromatic rings. The molecule has 4 nitrogen and oxygen atoms in total. The predicted octanol–water partition coefficient (Wildman–Crippen LogP) is 1.72. The molecule has 2 aromatic heterocycles. The van der Waals surface area contributed by atoms with Crippen LogP contribution in [0.5, 0.6) is 0 Å². The third-order valence-corrected chi connectivity index (χ3v) is 2.22. The normalized spacial score (nSPS) is 11.9. The van der Waals surface area contributed by atoms with Crippen molar-refractivity contribution < 1.29 is 0 Å². The second kappa shape index (κ2) is 3.15. The molecule has 4 heteroatoms. The van der Waals surface area contributed by atoms with Crippen LogP contribution >= 0.6 is 0 Å². The lowest BCUT2D eigenvalue weighted by Crippen LogP contribution is -2.15. The SMILES string of the molecule is [CH2]C(C)(C)c1nccc2c(N)ncnc12. The van der Waals surface area contributed by atoms with Gasteiger partial charge in [0, 0.05) is 17.0 Å². The van der Waals surface area contributed by atoms with Gasteiger partial charge in [-0.3, -0.25) is 4.98 Å². The number of nitrogen functional groups attached to an aromatic ring is 1. The molecule has 0 saturated carbocycles. The van der Waals surface area contributed by atoms with E-state index < -0.39 is 0 Å². The number of aromatic nitrogens is 3. The Balaban J connectivity index is 2.83. The summed E-state index contributed by atoms with van der Waals surface area (Å²) in [5.41, 5.74) is 7.10. The average Bonchev–Trinajstić information content (AvgIpc) is 2.16. The lowest BCUT2D eigenvalue weighted by atomic mass is 9.90. The van der Waals surface area contributed by atoms with Crippen LogP contribution in [0.3, 0.4) is 0 Å². The van der Waals surface area contributed by atoms with Crippen molar-refractivity contribution in [1.82, 2.24) is 15.0 Å². The number of nitrogens with zero attached hydrogens (tertiary/aromatic N) is 3.